The molecule has 2 atom stereocenters. The van der Waals surface area contributed by atoms with Gasteiger partial charge in [-0.05, 0) is 12.8 Å². The van der Waals surface area contributed by atoms with Gasteiger partial charge in [-0.15, -0.1) is 0 Å². The molecule has 0 aromatic rings. The molecule has 80 valence electrons. The molecule has 0 amide bonds. The number of hydrogen-bond acceptors (Lipinski definition) is 4. The average Bonchev–Trinajstić information content (AvgIpc) is 2.06. The molecule has 1 fully saturated rings. The van der Waals surface area contributed by atoms with Gasteiger partial charge >= 0.3 is 0 Å². The highest BCUT2D eigenvalue weighted by atomic mass is 32.2. The van der Waals surface area contributed by atoms with Gasteiger partial charge in [0.15, 0.2) is 10.2 Å². The first kappa shape index (κ1) is 12.1. The van der Waals surface area contributed by atoms with Gasteiger partial charge in [-0.3, -0.25) is 9.59 Å². The number of hydrogen-bond donors (Lipinski definition) is 0. The molecule has 1 rings (SSSR count). The molecule has 0 saturated heterocycles. The Labute approximate surface area is 93.6 Å². The van der Waals surface area contributed by atoms with E-state index in [4.69, 9.17) is 0 Å². The van der Waals surface area contributed by atoms with E-state index in [1.165, 1.54) is 36.4 Å². The Bertz CT molecular complexity index is 204. The topological polar surface area (TPSA) is 34.1 Å². The Morgan fingerprint density at radius 1 is 0.929 bits per heavy atom. The van der Waals surface area contributed by atoms with Gasteiger partial charge in [0.2, 0.25) is 0 Å². The van der Waals surface area contributed by atoms with Crippen molar-refractivity contribution in [3.8, 4) is 0 Å². The van der Waals surface area contributed by atoms with E-state index in [-0.39, 0.29) is 10.2 Å². The normalized spacial score (nSPS) is 27.3. The fourth-order valence-electron chi connectivity index (χ4n) is 1.76. The monoisotopic (exact) mass is 232 g/mol. The van der Waals surface area contributed by atoms with Crippen LogP contribution >= 0.6 is 23.5 Å². The molecule has 1 saturated carbocycles. The molecule has 0 aromatic heterocycles. The number of carbonyl (C=O) groups is 2. The third-order valence-electron chi connectivity index (χ3n) is 2.28. The highest BCUT2D eigenvalue weighted by molar-refractivity contribution is 8.17. The lowest BCUT2D eigenvalue weighted by molar-refractivity contribution is -0.110. The van der Waals surface area contributed by atoms with E-state index in [9.17, 15) is 9.59 Å². The van der Waals surface area contributed by atoms with Crippen molar-refractivity contribution < 1.29 is 9.59 Å². The molecule has 0 bridgehead atoms. The predicted molar refractivity (Wildman–Crippen MR) is 62.6 cm³/mol. The maximum Gasteiger partial charge on any atom is 0.186 e. The van der Waals surface area contributed by atoms with Crippen LogP contribution in [0.5, 0.6) is 0 Å². The standard InChI is InChI=1S/C10H16O2S2/c1-7(11)13-9-5-3-4-6-10(9)14-8(2)12/h9-10H,3-6H2,1-2H3/t9-,10-/m1/s1. The number of rotatable bonds is 2. The lowest BCUT2D eigenvalue weighted by atomic mass is 10.00. The zero-order chi connectivity index (χ0) is 10.6. The van der Waals surface area contributed by atoms with Crippen LogP contribution in [-0.2, 0) is 9.59 Å². The van der Waals surface area contributed by atoms with Crippen LogP contribution in [0.15, 0.2) is 0 Å². The Morgan fingerprint density at radius 3 is 1.57 bits per heavy atom. The summed E-state index contributed by atoms with van der Waals surface area (Å²) < 4.78 is 0. The van der Waals surface area contributed by atoms with Crippen molar-refractivity contribution in [2.45, 2.75) is 50.0 Å². The third-order valence-corrected chi connectivity index (χ3v) is 4.85. The van der Waals surface area contributed by atoms with Crippen LogP contribution in [0, 0.1) is 0 Å². The van der Waals surface area contributed by atoms with Crippen molar-refractivity contribution in [2.24, 2.45) is 0 Å². The zero-order valence-corrected chi connectivity index (χ0v) is 10.2. The largest absolute Gasteiger partial charge is 0.288 e. The Kier molecular flexibility index (Phi) is 5.02. The second-order valence-electron chi connectivity index (χ2n) is 3.58. The molecule has 14 heavy (non-hydrogen) atoms. The van der Waals surface area contributed by atoms with Crippen LogP contribution in [0.1, 0.15) is 39.5 Å². The summed E-state index contributed by atoms with van der Waals surface area (Å²) in [7, 11) is 0. The summed E-state index contributed by atoms with van der Waals surface area (Å²) in [5.41, 5.74) is 0. The van der Waals surface area contributed by atoms with E-state index >= 15 is 0 Å². The first-order chi connectivity index (χ1) is 6.59. The number of carbonyl (C=O) groups excluding carboxylic acids is 2. The van der Waals surface area contributed by atoms with Gasteiger partial charge < -0.3 is 0 Å². The molecule has 0 radical (unpaired) electrons. The van der Waals surface area contributed by atoms with Crippen molar-refractivity contribution in [3.63, 3.8) is 0 Å². The molecule has 1 aliphatic carbocycles. The van der Waals surface area contributed by atoms with Crippen LogP contribution in [-0.4, -0.2) is 20.7 Å². The van der Waals surface area contributed by atoms with Crippen LogP contribution in [0.4, 0.5) is 0 Å². The highest BCUT2D eigenvalue weighted by Gasteiger charge is 2.28. The Hall–Kier alpha value is 0.0400. The fraction of sp³-hybridized carbons (Fsp3) is 0.800. The summed E-state index contributed by atoms with van der Waals surface area (Å²) in [5, 5.41) is 1.06. The van der Waals surface area contributed by atoms with Crippen molar-refractivity contribution in [1.29, 1.82) is 0 Å². The van der Waals surface area contributed by atoms with Crippen molar-refractivity contribution in [1.82, 2.24) is 0 Å². The molecule has 1 aliphatic rings. The van der Waals surface area contributed by atoms with Gasteiger partial charge in [-0.1, -0.05) is 36.4 Å². The molecule has 4 heteroatoms. The summed E-state index contributed by atoms with van der Waals surface area (Å²) in [6, 6.07) is 0. The van der Waals surface area contributed by atoms with Crippen molar-refractivity contribution in [3.05, 3.63) is 0 Å². The minimum atomic E-state index is 0.172. The molecule has 0 spiro atoms. The molecule has 0 N–H and O–H groups in total. The van der Waals surface area contributed by atoms with Crippen LogP contribution in [0.3, 0.4) is 0 Å². The Balaban J connectivity index is 2.49. The van der Waals surface area contributed by atoms with Crippen LogP contribution < -0.4 is 0 Å². The molecule has 0 unspecified atom stereocenters. The third kappa shape index (κ3) is 4.05. The lowest BCUT2D eigenvalue weighted by Crippen LogP contribution is -2.26. The van der Waals surface area contributed by atoms with E-state index in [0.29, 0.717) is 10.5 Å². The SMILES string of the molecule is CC(=O)S[C@@H]1CCCC[C@H]1SC(C)=O. The van der Waals surface area contributed by atoms with Gasteiger partial charge in [-0.25, -0.2) is 0 Å². The summed E-state index contributed by atoms with van der Waals surface area (Å²) in [6.07, 6.45) is 4.55. The van der Waals surface area contributed by atoms with Gasteiger partial charge in [0.1, 0.15) is 0 Å². The highest BCUT2D eigenvalue weighted by Crippen LogP contribution is 2.36. The fourth-order valence-corrected chi connectivity index (χ4v) is 4.09. The molecular weight excluding hydrogens is 216 g/mol. The quantitative estimate of drug-likeness (QED) is 0.733. The van der Waals surface area contributed by atoms with Gasteiger partial charge in [0.05, 0.1) is 0 Å². The van der Waals surface area contributed by atoms with Crippen LogP contribution in [0.25, 0.3) is 0 Å². The van der Waals surface area contributed by atoms with Gasteiger partial charge in [0.25, 0.3) is 0 Å². The van der Waals surface area contributed by atoms with E-state index in [2.05, 4.69) is 0 Å². The second kappa shape index (κ2) is 5.81. The van der Waals surface area contributed by atoms with Crippen molar-refractivity contribution in [2.75, 3.05) is 0 Å². The smallest absolute Gasteiger partial charge is 0.186 e. The first-order valence-corrected chi connectivity index (χ1v) is 6.70. The summed E-state index contributed by atoms with van der Waals surface area (Å²) in [5.74, 6) is 0. The van der Waals surface area contributed by atoms with Crippen molar-refractivity contribution >= 4 is 33.8 Å². The van der Waals surface area contributed by atoms with E-state index in [1.807, 2.05) is 0 Å². The minimum Gasteiger partial charge on any atom is -0.288 e. The first-order valence-electron chi connectivity index (χ1n) is 4.94. The van der Waals surface area contributed by atoms with E-state index < -0.39 is 0 Å². The zero-order valence-electron chi connectivity index (χ0n) is 8.62. The van der Waals surface area contributed by atoms with Gasteiger partial charge in [-0.2, -0.15) is 0 Å². The molecule has 0 aromatic carbocycles. The second-order valence-corrected chi connectivity index (χ2v) is 6.41. The maximum atomic E-state index is 11.0. The number of thioether (sulfide) groups is 2. The molecule has 0 heterocycles. The molecular formula is C10H16O2S2. The predicted octanol–water partition coefficient (Wildman–Crippen LogP) is 2.86. The summed E-state index contributed by atoms with van der Waals surface area (Å²) >= 11 is 2.83. The molecule has 2 nitrogen and oxygen atoms in total. The lowest BCUT2D eigenvalue weighted by Gasteiger charge is -2.28. The maximum absolute atomic E-state index is 11.0. The molecule has 0 aliphatic heterocycles. The van der Waals surface area contributed by atoms with Crippen LogP contribution in [0.2, 0.25) is 0 Å². The van der Waals surface area contributed by atoms with Gasteiger partial charge in [0, 0.05) is 24.3 Å². The summed E-state index contributed by atoms with van der Waals surface area (Å²) in [6.45, 7) is 3.21. The average molecular weight is 232 g/mol. The minimum absolute atomic E-state index is 0.172. The summed E-state index contributed by atoms with van der Waals surface area (Å²) in [4.78, 5) is 22.0. The van der Waals surface area contributed by atoms with E-state index in [1.54, 1.807) is 13.8 Å². The van der Waals surface area contributed by atoms with E-state index in [0.717, 1.165) is 12.8 Å². The Morgan fingerprint density at radius 2 is 1.29 bits per heavy atom.